The summed E-state index contributed by atoms with van der Waals surface area (Å²) in [6, 6.07) is 0.966. The molecule has 1 saturated carbocycles. The quantitative estimate of drug-likeness (QED) is 0.473. The van der Waals surface area contributed by atoms with Gasteiger partial charge < -0.3 is 10.6 Å². The Labute approximate surface area is 68.3 Å². The molecule has 0 bridgehead atoms. The van der Waals surface area contributed by atoms with Crippen LogP contribution in [-0.4, -0.2) is 30.0 Å². The fourth-order valence-electron chi connectivity index (χ4n) is 1.00. The Bertz CT molecular complexity index is 159. The molecule has 3 nitrogen and oxygen atoms in total. The second-order valence-corrected chi connectivity index (χ2v) is 3.42. The molecule has 0 atom stereocenters. The van der Waals surface area contributed by atoms with Crippen molar-refractivity contribution in [3.63, 3.8) is 0 Å². The molecule has 2 N–H and O–H groups in total. The number of aliphatic imine (C=N–C) groups is 1. The van der Waals surface area contributed by atoms with Crippen molar-refractivity contribution >= 4 is 5.96 Å². The summed E-state index contributed by atoms with van der Waals surface area (Å²) in [5.74, 6) is 0.683. The number of nitrogens with two attached hydrogens (primary N) is 1. The van der Waals surface area contributed by atoms with Crippen molar-refractivity contribution in [1.82, 2.24) is 4.90 Å². The van der Waals surface area contributed by atoms with Gasteiger partial charge in [-0.25, -0.2) is 0 Å². The molecule has 0 saturated heterocycles. The van der Waals surface area contributed by atoms with Gasteiger partial charge in [0.25, 0.3) is 0 Å². The molecule has 0 aromatic carbocycles. The summed E-state index contributed by atoms with van der Waals surface area (Å²) < 4.78 is 0. The lowest BCUT2D eigenvalue weighted by atomic mass is 10.4. The highest BCUT2D eigenvalue weighted by atomic mass is 15.3. The van der Waals surface area contributed by atoms with Crippen LogP contribution in [0.15, 0.2) is 4.99 Å². The third-order valence-electron chi connectivity index (χ3n) is 1.85. The van der Waals surface area contributed by atoms with Crippen molar-refractivity contribution in [3.05, 3.63) is 0 Å². The number of nitrogens with zero attached hydrogens (tertiary/aromatic N) is 2. The summed E-state index contributed by atoms with van der Waals surface area (Å²) in [4.78, 5) is 6.33. The van der Waals surface area contributed by atoms with Gasteiger partial charge >= 0.3 is 0 Å². The number of hydrogen-bond acceptors (Lipinski definition) is 1. The van der Waals surface area contributed by atoms with Gasteiger partial charge in [-0.1, -0.05) is 0 Å². The van der Waals surface area contributed by atoms with Crippen molar-refractivity contribution < 1.29 is 0 Å². The van der Waals surface area contributed by atoms with E-state index in [1.807, 2.05) is 20.9 Å². The van der Waals surface area contributed by atoms with Crippen LogP contribution in [0.5, 0.6) is 0 Å². The number of rotatable bonds is 2. The topological polar surface area (TPSA) is 41.6 Å². The molecule has 0 aromatic rings. The van der Waals surface area contributed by atoms with E-state index >= 15 is 0 Å². The van der Waals surface area contributed by atoms with Crippen LogP contribution in [0.1, 0.15) is 26.7 Å². The molecule has 64 valence electrons. The second-order valence-electron chi connectivity index (χ2n) is 3.42. The maximum Gasteiger partial charge on any atom is 0.191 e. The summed E-state index contributed by atoms with van der Waals surface area (Å²) >= 11 is 0. The minimum absolute atomic E-state index is 0.302. The van der Waals surface area contributed by atoms with Crippen molar-refractivity contribution in [1.29, 1.82) is 0 Å². The fourth-order valence-corrected chi connectivity index (χ4v) is 1.00. The summed E-state index contributed by atoms with van der Waals surface area (Å²) in [6.45, 7) is 4.07. The van der Waals surface area contributed by atoms with Crippen molar-refractivity contribution in [2.24, 2.45) is 10.7 Å². The van der Waals surface area contributed by atoms with Gasteiger partial charge in [0.1, 0.15) is 0 Å². The zero-order valence-corrected chi connectivity index (χ0v) is 7.54. The van der Waals surface area contributed by atoms with Crippen molar-refractivity contribution in [3.8, 4) is 0 Å². The predicted molar refractivity (Wildman–Crippen MR) is 47.5 cm³/mol. The first-order valence-electron chi connectivity index (χ1n) is 4.17. The highest BCUT2D eigenvalue weighted by molar-refractivity contribution is 5.78. The first-order chi connectivity index (χ1) is 5.11. The van der Waals surface area contributed by atoms with Crippen molar-refractivity contribution in [2.45, 2.75) is 38.8 Å². The van der Waals surface area contributed by atoms with Crippen LogP contribution < -0.4 is 5.73 Å². The SMILES string of the molecule is CC(C)N=C(N)N(C)C1CC1. The van der Waals surface area contributed by atoms with Crippen LogP contribution in [0, 0.1) is 0 Å². The van der Waals surface area contributed by atoms with E-state index in [2.05, 4.69) is 9.89 Å². The van der Waals surface area contributed by atoms with Gasteiger partial charge in [0.15, 0.2) is 5.96 Å². The van der Waals surface area contributed by atoms with Crippen LogP contribution in [-0.2, 0) is 0 Å². The van der Waals surface area contributed by atoms with E-state index < -0.39 is 0 Å². The van der Waals surface area contributed by atoms with E-state index in [1.165, 1.54) is 12.8 Å². The molecule has 0 aromatic heterocycles. The molecule has 1 fully saturated rings. The smallest absolute Gasteiger partial charge is 0.191 e. The Morgan fingerprint density at radius 2 is 2.09 bits per heavy atom. The van der Waals surface area contributed by atoms with Crippen LogP contribution >= 0.6 is 0 Å². The highest BCUT2D eigenvalue weighted by Crippen LogP contribution is 2.24. The van der Waals surface area contributed by atoms with Gasteiger partial charge in [-0.3, -0.25) is 4.99 Å². The number of guanidine groups is 1. The summed E-state index contributed by atoms with van der Waals surface area (Å²) in [6.07, 6.45) is 2.54. The molecule has 1 aliphatic carbocycles. The Balaban J connectivity index is 2.43. The standard InChI is InChI=1S/C8H17N3/c1-6(2)10-8(9)11(3)7-4-5-7/h6-7H,4-5H2,1-3H3,(H2,9,10). The van der Waals surface area contributed by atoms with Gasteiger partial charge in [-0.05, 0) is 26.7 Å². The lowest BCUT2D eigenvalue weighted by Gasteiger charge is -2.17. The van der Waals surface area contributed by atoms with Crippen LogP contribution in [0.4, 0.5) is 0 Å². The molecule has 0 heterocycles. The maximum absolute atomic E-state index is 5.74. The normalized spacial score (nSPS) is 19.1. The van der Waals surface area contributed by atoms with E-state index in [0.717, 1.165) is 0 Å². The molecular weight excluding hydrogens is 138 g/mol. The summed E-state index contributed by atoms with van der Waals surface area (Å²) in [5, 5.41) is 0. The molecule has 0 unspecified atom stereocenters. The Hall–Kier alpha value is -0.730. The molecule has 0 amide bonds. The zero-order chi connectivity index (χ0) is 8.43. The molecule has 0 spiro atoms. The first kappa shape index (κ1) is 8.37. The maximum atomic E-state index is 5.74. The van der Waals surface area contributed by atoms with Gasteiger partial charge in [0.05, 0.1) is 0 Å². The van der Waals surface area contributed by atoms with Crippen LogP contribution in [0.3, 0.4) is 0 Å². The zero-order valence-electron chi connectivity index (χ0n) is 7.54. The number of hydrogen-bond donors (Lipinski definition) is 1. The second kappa shape index (κ2) is 3.11. The van der Waals surface area contributed by atoms with Gasteiger partial charge in [0, 0.05) is 19.1 Å². The van der Waals surface area contributed by atoms with Crippen LogP contribution in [0.25, 0.3) is 0 Å². The van der Waals surface area contributed by atoms with Gasteiger partial charge in [0.2, 0.25) is 0 Å². The summed E-state index contributed by atoms with van der Waals surface area (Å²) in [5.41, 5.74) is 5.74. The lowest BCUT2D eigenvalue weighted by Crippen LogP contribution is -2.36. The average Bonchev–Trinajstić information content (AvgIpc) is 2.65. The average molecular weight is 155 g/mol. The molecule has 0 aliphatic heterocycles. The third-order valence-corrected chi connectivity index (χ3v) is 1.85. The fraction of sp³-hybridized carbons (Fsp3) is 0.875. The lowest BCUT2D eigenvalue weighted by molar-refractivity contribution is 0.485. The Morgan fingerprint density at radius 3 is 2.45 bits per heavy atom. The van der Waals surface area contributed by atoms with Crippen LogP contribution in [0.2, 0.25) is 0 Å². The van der Waals surface area contributed by atoms with E-state index in [9.17, 15) is 0 Å². The first-order valence-corrected chi connectivity index (χ1v) is 4.17. The largest absolute Gasteiger partial charge is 0.370 e. The molecule has 0 radical (unpaired) electrons. The van der Waals surface area contributed by atoms with Gasteiger partial charge in [-0.15, -0.1) is 0 Å². The van der Waals surface area contributed by atoms with Crippen molar-refractivity contribution in [2.75, 3.05) is 7.05 Å². The Morgan fingerprint density at radius 1 is 1.55 bits per heavy atom. The van der Waals surface area contributed by atoms with E-state index in [-0.39, 0.29) is 0 Å². The molecule has 11 heavy (non-hydrogen) atoms. The molecular formula is C8H17N3. The molecule has 1 aliphatic rings. The molecule has 1 rings (SSSR count). The van der Waals surface area contributed by atoms with E-state index in [1.54, 1.807) is 0 Å². The van der Waals surface area contributed by atoms with E-state index in [0.29, 0.717) is 18.0 Å². The van der Waals surface area contributed by atoms with Gasteiger partial charge in [-0.2, -0.15) is 0 Å². The monoisotopic (exact) mass is 155 g/mol. The Kier molecular flexibility index (Phi) is 2.37. The minimum atomic E-state index is 0.302. The highest BCUT2D eigenvalue weighted by Gasteiger charge is 2.27. The minimum Gasteiger partial charge on any atom is -0.370 e. The molecule has 3 heteroatoms. The summed E-state index contributed by atoms with van der Waals surface area (Å²) in [7, 11) is 2.01. The predicted octanol–water partition coefficient (Wildman–Crippen LogP) is 0.804. The third kappa shape index (κ3) is 2.41. The van der Waals surface area contributed by atoms with E-state index in [4.69, 9.17) is 5.73 Å².